The molecule has 0 spiro atoms. The molecule has 0 saturated heterocycles. The Morgan fingerprint density at radius 1 is 1.26 bits per heavy atom. The van der Waals surface area contributed by atoms with Crippen LogP contribution in [0.4, 0.5) is 5.69 Å². The van der Waals surface area contributed by atoms with E-state index in [0.29, 0.717) is 11.4 Å². The number of rotatable bonds is 7. The van der Waals surface area contributed by atoms with Crippen molar-refractivity contribution >= 4 is 17.6 Å². The number of methoxy groups -OCH3 is 1. The topological polar surface area (TPSA) is 126 Å². The summed E-state index contributed by atoms with van der Waals surface area (Å²) in [5, 5.41) is 14.8. The zero-order chi connectivity index (χ0) is 22.5. The third-order valence-electron chi connectivity index (χ3n) is 4.89. The molecule has 0 aliphatic carbocycles. The van der Waals surface area contributed by atoms with E-state index in [1.165, 1.54) is 25.3 Å². The molecule has 10 nitrogen and oxygen atoms in total. The molecule has 0 fully saturated rings. The maximum Gasteiger partial charge on any atom is 0.336 e. The average Bonchev–Trinajstić information content (AvgIpc) is 3.26. The number of dihydropyridines is 1. The lowest BCUT2D eigenvalue weighted by Gasteiger charge is -2.31. The predicted molar refractivity (Wildman–Crippen MR) is 110 cm³/mol. The van der Waals surface area contributed by atoms with Gasteiger partial charge < -0.3 is 19.4 Å². The molecule has 2 heterocycles. The van der Waals surface area contributed by atoms with Crippen molar-refractivity contribution in [1.82, 2.24) is 14.9 Å². The van der Waals surface area contributed by atoms with Crippen LogP contribution in [0.25, 0.3) is 0 Å². The second kappa shape index (κ2) is 9.24. The number of ether oxygens (including phenoxy) is 2. The van der Waals surface area contributed by atoms with Gasteiger partial charge in [-0.2, -0.15) is 0 Å². The molecule has 0 amide bonds. The van der Waals surface area contributed by atoms with Crippen LogP contribution in [-0.4, -0.2) is 40.1 Å². The maximum absolute atomic E-state index is 13.1. The van der Waals surface area contributed by atoms with Crippen molar-refractivity contribution in [3.8, 4) is 0 Å². The van der Waals surface area contributed by atoms with E-state index in [0.717, 1.165) is 0 Å². The summed E-state index contributed by atoms with van der Waals surface area (Å²) in [7, 11) is 1.22. The largest absolute Gasteiger partial charge is 0.466 e. The van der Waals surface area contributed by atoms with E-state index in [-0.39, 0.29) is 35.5 Å². The molecule has 0 bridgehead atoms. The quantitative estimate of drug-likeness (QED) is 0.406. The number of para-hydroxylation sites is 1. The van der Waals surface area contributed by atoms with Gasteiger partial charge in [-0.05, 0) is 13.8 Å². The van der Waals surface area contributed by atoms with Gasteiger partial charge in [0.1, 0.15) is 0 Å². The zero-order valence-corrected chi connectivity index (χ0v) is 17.3. The van der Waals surface area contributed by atoms with Crippen LogP contribution in [0, 0.1) is 10.1 Å². The van der Waals surface area contributed by atoms with Gasteiger partial charge in [0.2, 0.25) is 0 Å². The SMILES string of the molecule is CCOC(=O)C1=C(Cn2ccnc2)NC(C)=C(C(=O)OC)C1c1ccccc1[N+](=O)[O-]. The van der Waals surface area contributed by atoms with E-state index < -0.39 is 22.8 Å². The number of esters is 2. The molecule has 1 atom stereocenters. The number of imidazole rings is 1. The number of carbonyl (C=O) groups is 2. The highest BCUT2D eigenvalue weighted by Gasteiger charge is 2.41. The molecule has 1 aromatic carbocycles. The van der Waals surface area contributed by atoms with Crippen molar-refractivity contribution < 1.29 is 24.0 Å². The van der Waals surface area contributed by atoms with E-state index in [1.807, 2.05) is 0 Å². The number of nitrogens with one attached hydrogen (secondary N) is 1. The minimum Gasteiger partial charge on any atom is -0.466 e. The molecule has 0 radical (unpaired) electrons. The van der Waals surface area contributed by atoms with E-state index in [1.54, 1.807) is 43.2 Å². The van der Waals surface area contributed by atoms with Crippen LogP contribution in [0.1, 0.15) is 25.3 Å². The van der Waals surface area contributed by atoms with Crippen molar-refractivity contribution in [2.24, 2.45) is 0 Å². The first-order chi connectivity index (χ1) is 14.9. The first-order valence-corrected chi connectivity index (χ1v) is 9.54. The van der Waals surface area contributed by atoms with Gasteiger partial charge >= 0.3 is 11.9 Å². The number of allylic oxidation sites excluding steroid dienone is 2. The van der Waals surface area contributed by atoms with Crippen LogP contribution in [0.2, 0.25) is 0 Å². The number of nitro benzene ring substituents is 1. The molecule has 162 valence electrons. The fourth-order valence-electron chi connectivity index (χ4n) is 3.62. The van der Waals surface area contributed by atoms with E-state index in [2.05, 4.69) is 10.3 Å². The molecule has 1 unspecified atom stereocenters. The minimum absolute atomic E-state index is 0.0978. The number of carbonyl (C=O) groups excluding carboxylic acids is 2. The lowest BCUT2D eigenvalue weighted by molar-refractivity contribution is -0.385. The fourth-order valence-corrected chi connectivity index (χ4v) is 3.62. The second-order valence-corrected chi connectivity index (χ2v) is 6.75. The Labute approximate surface area is 178 Å². The number of nitrogens with zero attached hydrogens (tertiary/aromatic N) is 3. The summed E-state index contributed by atoms with van der Waals surface area (Å²) in [6.45, 7) is 3.63. The number of hydrogen-bond donors (Lipinski definition) is 1. The number of aromatic nitrogens is 2. The normalized spacial score (nSPS) is 16.0. The van der Waals surface area contributed by atoms with Crippen molar-refractivity contribution in [3.63, 3.8) is 0 Å². The van der Waals surface area contributed by atoms with Gasteiger partial charge in [-0.3, -0.25) is 10.1 Å². The summed E-state index contributed by atoms with van der Waals surface area (Å²) in [6.07, 6.45) is 4.88. The number of hydrogen-bond acceptors (Lipinski definition) is 8. The average molecular weight is 426 g/mol. The molecule has 1 aromatic heterocycles. The molecule has 31 heavy (non-hydrogen) atoms. The molecule has 3 rings (SSSR count). The summed E-state index contributed by atoms with van der Waals surface area (Å²) in [6, 6.07) is 6.00. The van der Waals surface area contributed by atoms with E-state index >= 15 is 0 Å². The Balaban J connectivity index is 2.29. The smallest absolute Gasteiger partial charge is 0.336 e. The first kappa shape index (κ1) is 21.8. The molecule has 1 aliphatic heterocycles. The lowest BCUT2D eigenvalue weighted by Crippen LogP contribution is -2.34. The van der Waals surface area contributed by atoms with Gasteiger partial charge in [0.05, 0.1) is 48.6 Å². The van der Waals surface area contributed by atoms with Crippen molar-refractivity contribution in [1.29, 1.82) is 0 Å². The molecular weight excluding hydrogens is 404 g/mol. The van der Waals surface area contributed by atoms with Gasteiger partial charge in [0.25, 0.3) is 5.69 Å². The molecule has 10 heteroatoms. The van der Waals surface area contributed by atoms with Crippen LogP contribution in [0.15, 0.2) is 65.5 Å². The van der Waals surface area contributed by atoms with Crippen molar-refractivity contribution in [3.05, 3.63) is 81.2 Å². The predicted octanol–water partition coefficient (Wildman–Crippen LogP) is 2.44. The molecular formula is C21H22N4O6. The van der Waals surface area contributed by atoms with Gasteiger partial charge in [0, 0.05) is 35.4 Å². The standard InChI is InChI=1S/C21H22N4O6/c1-4-31-21(27)19-15(11-24-10-9-22-12-24)23-13(2)17(20(26)30-3)18(19)14-7-5-6-8-16(14)25(28)29/h5-10,12,18,23H,4,11H2,1-3H3. The highest BCUT2D eigenvalue weighted by atomic mass is 16.6. The van der Waals surface area contributed by atoms with Gasteiger partial charge in [-0.25, -0.2) is 14.6 Å². The number of benzene rings is 1. The van der Waals surface area contributed by atoms with Crippen LogP contribution in [0.3, 0.4) is 0 Å². The first-order valence-electron chi connectivity index (χ1n) is 9.54. The van der Waals surface area contributed by atoms with Crippen molar-refractivity contribution in [2.75, 3.05) is 13.7 Å². The van der Waals surface area contributed by atoms with E-state index in [9.17, 15) is 19.7 Å². The molecule has 2 aromatic rings. The highest BCUT2D eigenvalue weighted by molar-refractivity contribution is 6.00. The molecule has 1 aliphatic rings. The fraction of sp³-hybridized carbons (Fsp3) is 0.286. The summed E-state index contributed by atoms with van der Waals surface area (Å²) in [5.41, 5.74) is 1.07. The minimum atomic E-state index is -1.05. The monoisotopic (exact) mass is 426 g/mol. The Morgan fingerprint density at radius 2 is 2.00 bits per heavy atom. The second-order valence-electron chi connectivity index (χ2n) is 6.75. The van der Waals surface area contributed by atoms with Gasteiger partial charge in [0.15, 0.2) is 0 Å². The Morgan fingerprint density at radius 3 is 2.61 bits per heavy atom. The Kier molecular flexibility index (Phi) is 6.49. The van der Waals surface area contributed by atoms with Crippen LogP contribution in [0.5, 0.6) is 0 Å². The third kappa shape index (κ3) is 4.32. The summed E-state index contributed by atoms with van der Waals surface area (Å²) < 4.78 is 11.9. The van der Waals surface area contributed by atoms with Crippen molar-refractivity contribution in [2.45, 2.75) is 26.3 Å². The Bertz CT molecular complexity index is 1070. The van der Waals surface area contributed by atoms with Crippen LogP contribution in [-0.2, 0) is 25.6 Å². The lowest BCUT2D eigenvalue weighted by atomic mass is 9.79. The molecule has 1 N–H and O–H groups in total. The summed E-state index contributed by atoms with van der Waals surface area (Å²) in [5.74, 6) is -2.42. The van der Waals surface area contributed by atoms with Gasteiger partial charge in [-0.1, -0.05) is 18.2 Å². The third-order valence-corrected chi connectivity index (χ3v) is 4.89. The summed E-state index contributed by atoms with van der Waals surface area (Å²) >= 11 is 0. The zero-order valence-electron chi connectivity index (χ0n) is 17.3. The van der Waals surface area contributed by atoms with Crippen LogP contribution < -0.4 is 5.32 Å². The summed E-state index contributed by atoms with van der Waals surface area (Å²) in [4.78, 5) is 41.0. The highest BCUT2D eigenvalue weighted by Crippen LogP contribution is 2.42. The Hall–Kier alpha value is -3.95. The van der Waals surface area contributed by atoms with Gasteiger partial charge in [-0.15, -0.1) is 0 Å². The number of nitro groups is 1. The molecule has 0 saturated carbocycles. The van der Waals surface area contributed by atoms with E-state index in [4.69, 9.17) is 9.47 Å². The van der Waals surface area contributed by atoms with Crippen LogP contribution >= 0.6 is 0 Å². The maximum atomic E-state index is 13.1.